The monoisotopic (exact) mass is 373 g/mol. The Kier molecular flexibility index (Phi) is 5.95. The maximum Gasteiger partial charge on any atom is 0.227 e. The van der Waals surface area contributed by atoms with E-state index in [9.17, 15) is 4.79 Å². The molecule has 5 rings (SSSR count). The van der Waals surface area contributed by atoms with E-state index >= 15 is 0 Å². The zero-order valence-electron chi connectivity index (χ0n) is 16.3. The van der Waals surface area contributed by atoms with Gasteiger partial charge in [0.2, 0.25) is 5.91 Å². The molecule has 1 aromatic carbocycles. The molecule has 2 atom stereocenters. The maximum absolute atomic E-state index is 12.3. The fourth-order valence-corrected chi connectivity index (χ4v) is 4.44. The molecule has 0 N–H and O–H groups in total. The summed E-state index contributed by atoms with van der Waals surface area (Å²) < 4.78 is 11.3. The van der Waals surface area contributed by atoms with Crippen molar-refractivity contribution >= 4 is 5.91 Å². The van der Waals surface area contributed by atoms with Crippen LogP contribution >= 0.6 is 0 Å². The summed E-state index contributed by atoms with van der Waals surface area (Å²) in [6, 6.07) is 8.82. The summed E-state index contributed by atoms with van der Waals surface area (Å²) in [5, 5.41) is 0. The topological polar surface area (TPSA) is 45.2 Å². The van der Waals surface area contributed by atoms with E-state index in [1.165, 1.54) is 5.56 Å². The first-order valence-corrected chi connectivity index (χ1v) is 10.2. The Morgan fingerprint density at radius 3 is 2.63 bits per heavy atom. The lowest BCUT2D eigenvalue weighted by molar-refractivity contribution is -0.138. The Balaban J connectivity index is 1.26. The number of piperidine rings is 1. The van der Waals surface area contributed by atoms with Crippen molar-refractivity contribution in [1.82, 2.24) is 14.7 Å². The molecule has 1 amide bonds. The first-order chi connectivity index (χ1) is 13.2. The quantitative estimate of drug-likeness (QED) is 0.755. The van der Waals surface area contributed by atoms with E-state index in [2.05, 4.69) is 34.1 Å². The number of rotatable bonds is 6. The fraction of sp³-hybridized carbons (Fsp3) is 0.667. The molecule has 27 heavy (non-hydrogen) atoms. The summed E-state index contributed by atoms with van der Waals surface area (Å²) in [5.41, 5.74) is 1.28. The highest BCUT2D eigenvalue weighted by atomic mass is 16.5. The van der Waals surface area contributed by atoms with Crippen molar-refractivity contribution in [1.29, 1.82) is 0 Å². The summed E-state index contributed by atoms with van der Waals surface area (Å²) in [6.45, 7) is 8.08. The van der Waals surface area contributed by atoms with Gasteiger partial charge in [0.05, 0.1) is 19.1 Å². The number of hydrogen-bond donors (Lipinski definition) is 0. The largest absolute Gasteiger partial charge is 0.492 e. The third-order valence-electron chi connectivity index (χ3n) is 6.15. The van der Waals surface area contributed by atoms with Crippen LogP contribution in [0.1, 0.15) is 18.4 Å². The number of fused-ring (bicyclic) bond motifs is 4. The first kappa shape index (κ1) is 18.7. The molecule has 4 fully saturated rings. The van der Waals surface area contributed by atoms with E-state index in [-0.39, 0.29) is 5.92 Å². The van der Waals surface area contributed by atoms with E-state index in [1.54, 1.807) is 0 Å². The van der Waals surface area contributed by atoms with Crippen molar-refractivity contribution in [2.24, 2.45) is 5.92 Å². The van der Waals surface area contributed by atoms with Gasteiger partial charge >= 0.3 is 0 Å². The van der Waals surface area contributed by atoms with Crippen LogP contribution in [0.5, 0.6) is 5.75 Å². The van der Waals surface area contributed by atoms with Gasteiger partial charge in [0.15, 0.2) is 0 Å². The second kappa shape index (κ2) is 8.59. The highest BCUT2D eigenvalue weighted by molar-refractivity contribution is 5.80. The Morgan fingerprint density at radius 1 is 1.07 bits per heavy atom. The van der Waals surface area contributed by atoms with Crippen LogP contribution in [0.3, 0.4) is 0 Å². The van der Waals surface area contributed by atoms with Crippen LogP contribution in [0.4, 0.5) is 0 Å². The number of nitrogens with zero attached hydrogens (tertiary/aromatic N) is 3. The normalized spacial score (nSPS) is 27.0. The standard InChI is InChI=1S/C21H31N3O3/c1-22-19-5-4-18(21(22)25)15-24(16-19)14-17-2-6-20(7-3-17)27-13-10-23-8-11-26-12-9-23/h2-3,6-7,18-19H,4-5,8-16H2,1H3/t18-,19+/m1/s1. The van der Waals surface area contributed by atoms with Crippen LogP contribution in [-0.2, 0) is 16.1 Å². The number of likely N-dealkylation sites (N-methyl/N-ethyl adjacent to an activating group) is 1. The van der Waals surface area contributed by atoms with Gasteiger partial charge in [-0.2, -0.15) is 0 Å². The van der Waals surface area contributed by atoms with Crippen molar-refractivity contribution in [3.8, 4) is 5.75 Å². The number of amides is 1. The van der Waals surface area contributed by atoms with Crippen molar-refractivity contribution in [2.45, 2.75) is 25.4 Å². The molecular weight excluding hydrogens is 342 g/mol. The van der Waals surface area contributed by atoms with E-state index in [1.807, 2.05) is 11.9 Å². The molecule has 4 aliphatic rings. The van der Waals surface area contributed by atoms with Gasteiger partial charge in [0.1, 0.15) is 12.4 Å². The molecule has 4 saturated heterocycles. The highest BCUT2D eigenvalue weighted by Gasteiger charge is 2.38. The molecule has 0 saturated carbocycles. The third-order valence-corrected chi connectivity index (χ3v) is 6.15. The van der Waals surface area contributed by atoms with E-state index in [0.717, 1.165) is 71.1 Å². The van der Waals surface area contributed by atoms with Gasteiger partial charge in [-0.15, -0.1) is 0 Å². The van der Waals surface area contributed by atoms with Gasteiger partial charge in [0, 0.05) is 52.4 Å². The minimum atomic E-state index is 0.177. The average Bonchev–Trinajstić information content (AvgIpc) is 2.96. The predicted octanol–water partition coefficient (Wildman–Crippen LogP) is 1.45. The zero-order valence-corrected chi connectivity index (χ0v) is 16.3. The van der Waals surface area contributed by atoms with Crippen molar-refractivity contribution in [2.75, 3.05) is 59.6 Å². The lowest BCUT2D eigenvalue weighted by Crippen LogP contribution is -2.45. The second-order valence-electron chi connectivity index (χ2n) is 8.02. The molecule has 0 radical (unpaired) electrons. The SMILES string of the molecule is CN1C(=O)[C@@H]2CC[C@H]1CN(Cc1ccc(OCCN3CCOCC3)cc1)C2. The van der Waals surface area contributed by atoms with E-state index in [4.69, 9.17) is 9.47 Å². The van der Waals surface area contributed by atoms with Crippen molar-refractivity contribution in [3.05, 3.63) is 29.8 Å². The minimum absolute atomic E-state index is 0.177. The van der Waals surface area contributed by atoms with Crippen LogP contribution in [0.2, 0.25) is 0 Å². The maximum atomic E-state index is 12.3. The molecule has 6 nitrogen and oxygen atoms in total. The van der Waals surface area contributed by atoms with Gasteiger partial charge in [-0.25, -0.2) is 0 Å². The van der Waals surface area contributed by atoms with E-state index in [0.29, 0.717) is 18.6 Å². The molecule has 148 valence electrons. The number of ether oxygens (including phenoxy) is 2. The Bertz CT molecular complexity index is 630. The fourth-order valence-electron chi connectivity index (χ4n) is 4.44. The van der Waals surface area contributed by atoms with Gasteiger partial charge in [0.25, 0.3) is 0 Å². The van der Waals surface area contributed by atoms with Crippen molar-refractivity contribution in [3.63, 3.8) is 0 Å². The third kappa shape index (κ3) is 4.62. The summed E-state index contributed by atoms with van der Waals surface area (Å²) in [4.78, 5) is 19.1. The van der Waals surface area contributed by atoms with Gasteiger partial charge in [-0.1, -0.05) is 12.1 Å². The Labute approximate surface area is 162 Å². The van der Waals surface area contributed by atoms with Crippen LogP contribution in [-0.4, -0.2) is 86.2 Å². The molecule has 4 aliphatic heterocycles. The summed E-state index contributed by atoms with van der Waals surface area (Å²) in [7, 11) is 1.96. The van der Waals surface area contributed by atoms with Gasteiger partial charge in [-0.3, -0.25) is 14.6 Å². The van der Waals surface area contributed by atoms with Crippen LogP contribution in [0.25, 0.3) is 0 Å². The van der Waals surface area contributed by atoms with Crippen LogP contribution < -0.4 is 4.74 Å². The molecule has 2 bridgehead atoms. The molecule has 0 aliphatic carbocycles. The lowest BCUT2D eigenvalue weighted by Gasteiger charge is -2.32. The summed E-state index contributed by atoms with van der Waals surface area (Å²) >= 11 is 0. The number of morpholine rings is 1. The van der Waals surface area contributed by atoms with Gasteiger partial charge < -0.3 is 14.4 Å². The minimum Gasteiger partial charge on any atom is -0.492 e. The summed E-state index contributed by atoms with van der Waals surface area (Å²) in [5.74, 6) is 1.44. The highest BCUT2D eigenvalue weighted by Crippen LogP contribution is 2.28. The predicted molar refractivity (Wildman–Crippen MR) is 104 cm³/mol. The molecule has 0 aromatic heterocycles. The van der Waals surface area contributed by atoms with Crippen molar-refractivity contribution < 1.29 is 14.3 Å². The van der Waals surface area contributed by atoms with Crippen LogP contribution in [0.15, 0.2) is 24.3 Å². The number of carbonyl (C=O) groups is 1. The molecule has 6 heteroatoms. The van der Waals surface area contributed by atoms with Crippen LogP contribution in [0, 0.1) is 5.92 Å². The van der Waals surface area contributed by atoms with E-state index < -0.39 is 0 Å². The summed E-state index contributed by atoms with van der Waals surface area (Å²) in [6.07, 6.45) is 2.18. The molecular formula is C21H31N3O3. The van der Waals surface area contributed by atoms with Gasteiger partial charge in [-0.05, 0) is 30.5 Å². The second-order valence-corrected chi connectivity index (χ2v) is 8.02. The molecule has 4 heterocycles. The molecule has 0 spiro atoms. The Hall–Kier alpha value is -1.63. The number of carbonyl (C=O) groups excluding carboxylic acids is 1. The zero-order chi connectivity index (χ0) is 18.6. The number of hydrogen-bond acceptors (Lipinski definition) is 5. The molecule has 1 aromatic rings. The Morgan fingerprint density at radius 2 is 1.85 bits per heavy atom. The first-order valence-electron chi connectivity index (χ1n) is 10.2. The number of benzene rings is 1. The smallest absolute Gasteiger partial charge is 0.227 e. The lowest BCUT2D eigenvalue weighted by atomic mass is 9.95. The average molecular weight is 373 g/mol. The molecule has 0 unspecified atom stereocenters.